The molecule has 0 unspecified atom stereocenters. The Kier molecular flexibility index (Phi) is 4.82. The van der Waals surface area contributed by atoms with Crippen LogP contribution in [0.1, 0.15) is 25.7 Å². The molecule has 0 aliphatic heterocycles. The molecule has 116 valence electrons. The van der Waals surface area contributed by atoms with Crippen molar-refractivity contribution >= 4 is 27.1 Å². The number of nitrogens with two attached hydrogens (primary N) is 1. The second-order valence-corrected chi connectivity index (χ2v) is 7.60. The molecule has 1 aliphatic carbocycles. The highest BCUT2D eigenvalue weighted by Crippen LogP contribution is 2.26. The molecule has 0 spiro atoms. The summed E-state index contributed by atoms with van der Waals surface area (Å²) in [6.07, 6.45) is 3.87. The molecule has 0 saturated heterocycles. The molecule has 1 aromatic rings. The van der Waals surface area contributed by atoms with Gasteiger partial charge in [-0.25, -0.2) is 12.8 Å². The minimum absolute atomic E-state index is 0.0276. The van der Waals surface area contributed by atoms with Crippen LogP contribution >= 0.6 is 0 Å². The quantitative estimate of drug-likeness (QED) is 0.813. The van der Waals surface area contributed by atoms with Crippen LogP contribution in [-0.2, 0) is 14.6 Å². The number of carbonyl (C=O) groups is 1. The zero-order valence-corrected chi connectivity index (χ0v) is 12.5. The third-order valence-corrected chi connectivity index (χ3v) is 5.26. The van der Waals surface area contributed by atoms with E-state index < -0.39 is 27.3 Å². The summed E-state index contributed by atoms with van der Waals surface area (Å²) in [5, 5.41) is 2.26. The van der Waals surface area contributed by atoms with E-state index in [2.05, 4.69) is 5.32 Å². The molecular weight excluding hydrogens is 295 g/mol. The van der Waals surface area contributed by atoms with Crippen LogP contribution in [0.5, 0.6) is 0 Å². The molecule has 0 bridgehead atoms. The highest BCUT2D eigenvalue weighted by molar-refractivity contribution is 7.92. The molecule has 1 aliphatic rings. The molecule has 3 N–H and O–H groups in total. The number of sulfone groups is 1. The van der Waals surface area contributed by atoms with Crippen molar-refractivity contribution in [1.82, 2.24) is 0 Å². The van der Waals surface area contributed by atoms with Gasteiger partial charge in [-0.15, -0.1) is 0 Å². The first-order valence-electron chi connectivity index (χ1n) is 6.91. The van der Waals surface area contributed by atoms with E-state index in [-0.39, 0.29) is 17.4 Å². The summed E-state index contributed by atoms with van der Waals surface area (Å²) in [6.45, 7) is 0. The van der Waals surface area contributed by atoms with Gasteiger partial charge in [0.1, 0.15) is 11.6 Å². The first-order chi connectivity index (χ1) is 9.85. The molecule has 0 heterocycles. The molecule has 1 saturated carbocycles. The van der Waals surface area contributed by atoms with Gasteiger partial charge in [-0.1, -0.05) is 12.8 Å². The fourth-order valence-electron chi connectivity index (χ4n) is 2.62. The molecule has 21 heavy (non-hydrogen) atoms. The van der Waals surface area contributed by atoms with E-state index in [4.69, 9.17) is 5.73 Å². The Bertz CT molecular complexity index is 625. The molecule has 0 radical (unpaired) electrons. The number of anilines is 2. The minimum Gasteiger partial charge on any atom is -0.399 e. The average Bonchev–Trinajstić information content (AvgIpc) is 2.84. The van der Waals surface area contributed by atoms with Gasteiger partial charge in [-0.05, 0) is 37.0 Å². The van der Waals surface area contributed by atoms with E-state index in [1.807, 2.05) is 0 Å². The van der Waals surface area contributed by atoms with E-state index in [1.165, 1.54) is 12.1 Å². The second-order valence-electron chi connectivity index (χ2n) is 5.49. The van der Waals surface area contributed by atoms with E-state index in [9.17, 15) is 17.6 Å². The molecule has 1 fully saturated rings. The largest absolute Gasteiger partial charge is 0.399 e. The van der Waals surface area contributed by atoms with Crippen molar-refractivity contribution in [3.8, 4) is 0 Å². The Hall–Kier alpha value is -1.63. The van der Waals surface area contributed by atoms with E-state index in [0.29, 0.717) is 5.69 Å². The van der Waals surface area contributed by atoms with Crippen molar-refractivity contribution in [2.75, 3.05) is 22.6 Å². The van der Waals surface area contributed by atoms with Gasteiger partial charge in [0.15, 0.2) is 9.84 Å². The number of nitrogen functional groups attached to an aromatic ring is 1. The van der Waals surface area contributed by atoms with Crippen LogP contribution in [0.15, 0.2) is 18.2 Å². The van der Waals surface area contributed by atoms with E-state index >= 15 is 0 Å². The van der Waals surface area contributed by atoms with Gasteiger partial charge in [0.2, 0.25) is 5.91 Å². The number of amides is 1. The van der Waals surface area contributed by atoms with Gasteiger partial charge in [-0.3, -0.25) is 4.79 Å². The van der Waals surface area contributed by atoms with Crippen LogP contribution in [0.2, 0.25) is 0 Å². The van der Waals surface area contributed by atoms with Crippen molar-refractivity contribution in [3.05, 3.63) is 24.0 Å². The topological polar surface area (TPSA) is 89.3 Å². The van der Waals surface area contributed by atoms with Crippen molar-refractivity contribution in [1.29, 1.82) is 0 Å². The lowest BCUT2D eigenvalue weighted by Gasteiger charge is -2.11. The Morgan fingerprint density at radius 3 is 2.67 bits per heavy atom. The maximum atomic E-state index is 13.5. The van der Waals surface area contributed by atoms with E-state index in [0.717, 1.165) is 31.7 Å². The summed E-state index contributed by atoms with van der Waals surface area (Å²) in [6, 6.07) is 3.75. The second kappa shape index (κ2) is 6.43. The fourth-order valence-corrected chi connectivity index (χ4v) is 4.26. The minimum atomic E-state index is -3.47. The van der Waals surface area contributed by atoms with Gasteiger partial charge >= 0.3 is 0 Å². The molecule has 0 aromatic heterocycles. The van der Waals surface area contributed by atoms with Gasteiger partial charge < -0.3 is 11.1 Å². The van der Waals surface area contributed by atoms with Crippen molar-refractivity contribution in [2.24, 2.45) is 5.92 Å². The first kappa shape index (κ1) is 15.8. The molecular formula is C14H19FN2O3S. The lowest BCUT2D eigenvalue weighted by atomic mass is 10.1. The molecule has 1 amide bonds. The van der Waals surface area contributed by atoms with Crippen LogP contribution in [0, 0.1) is 11.7 Å². The number of rotatable bonds is 5. The number of carbonyl (C=O) groups excluding carboxylic acids is 1. The standard InChI is InChI=1S/C14H19FN2O3S/c15-12-6-5-11(16)7-13(12)17-14(18)9-21(19,20)8-10-3-1-2-4-10/h5-7,10H,1-4,8-9,16H2,(H,17,18). The third-order valence-electron chi connectivity index (χ3n) is 3.58. The summed E-state index contributed by atoms with van der Waals surface area (Å²) in [5.41, 5.74) is 5.69. The summed E-state index contributed by atoms with van der Waals surface area (Å²) >= 11 is 0. The Labute approximate surface area is 123 Å². The number of hydrogen-bond donors (Lipinski definition) is 2. The van der Waals surface area contributed by atoms with Crippen LogP contribution in [0.3, 0.4) is 0 Å². The predicted molar refractivity (Wildman–Crippen MR) is 80.1 cm³/mol. The van der Waals surface area contributed by atoms with Crippen LogP contribution in [0.25, 0.3) is 0 Å². The normalized spacial score (nSPS) is 16.0. The summed E-state index contributed by atoms with van der Waals surface area (Å²) < 4.78 is 37.4. The lowest BCUT2D eigenvalue weighted by Crippen LogP contribution is -2.27. The molecule has 7 heteroatoms. The van der Waals surface area contributed by atoms with Gasteiger partial charge in [0.05, 0.1) is 11.4 Å². The SMILES string of the molecule is Nc1ccc(F)c(NC(=O)CS(=O)(=O)CC2CCCC2)c1. The molecule has 0 atom stereocenters. The van der Waals surface area contributed by atoms with Gasteiger partial charge in [0.25, 0.3) is 0 Å². The zero-order chi connectivity index (χ0) is 15.5. The Balaban J connectivity index is 1.95. The maximum absolute atomic E-state index is 13.5. The monoisotopic (exact) mass is 314 g/mol. The maximum Gasteiger partial charge on any atom is 0.239 e. The molecule has 1 aromatic carbocycles. The molecule has 2 rings (SSSR count). The zero-order valence-electron chi connectivity index (χ0n) is 11.6. The summed E-state index contributed by atoms with van der Waals surface area (Å²) in [5.74, 6) is -1.84. The summed E-state index contributed by atoms with van der Waals surface area (Å²) in [4.78, 5) is 11.8. The number of halogens is 1. The first-order valence-corrected chi connectivity index (χ1v) is 8.73. The van der Waals surface area contributed by atoms with Crippen molar-refractivity contribution in [3.63, 3.8) is 0 Å². The molecule has 5 nitrogen and oxygen atoms in total. The highest BCUT2D eigenvalue weighted by atomic mass is 32.2. The number of nitrogens with one attached hydrogen (secondary N) is 1. The Morgan fingerprint density at radius 2 is 2.00 bits per heavy atom. The van der Waals surface area contributed by atoms with Gasteiger partial charge in [0, 0.05) is 5.69 Å². The Morgan fingerprint density at radius 1 is 1.33 bits per heavy atom. The van der Waals surface area contributed by atoms with Gasteiger partial charge in [-0.2, -0.15) is 0 Å². The highest BCUT2D eigenvalue weighted by Gasteiger charge is 2.25. The summed E-state index contributed by atoms with van der Waals surface area (Å²) in [7, 11) is -3.47. The predicted octanol–water partition coefficient (Wildman–Crippen LogP) is 1.95. The number of hydrogen-bond acceptors (Lipinski definition) is 4. The van der Waals surface area contributed by atoms with Crippen molar-refractivity contribution < 1.29 is 17.6 Å². The van der Waals surface area contributed by atoms with Crippen molar-refractivity contribution in [2.45, 2.75) is 25.7 Å². The van der Waals surface area contributed by atoms with E-state index in [1.54, 1.807) is 0 Å². The van der Waals surface area contributed by atoms with Crippen LogP contribution < -0.4 is 11.1 Å². The van der Waals surface area contributed by atoms with Crippen LogP contribution in [-0.4, -0.2) is 25.8 Å². The fraction of sp³-hybridized carbons (Fsp3) is 0.500. The lowest BCUT2D eigenvalue weighted by molar-refractivity contribution is -0.113. The third kappa shape index (κ3) is 4.70. The smallest absolute Gasteiger partial charge is 0.239 e. The average molecular weight is 314 g/mol. The van der Waals surface area contributed by atoms with Crippen LogP contribution in [0.4, 0.5) is 15.8 Å². The number of benzene rings is 1.